The first-order valence-electron chi connectivity index (χ1n) is 8.36. The average molecular weight is 407 g/mol. The molecule has 0 aliphatic carbocycles. The largest absolute Gasteiger partial charge is 0.487 e. The number of amides is 1. The number of carbonyl (C=O) groups is 1. The molecule has 1 amide bonds. The van der Waals surface area contributed by atoms with Gasteiger partial charge in [-0.05, 0) is 42.7 Å². The summed E-state index contributed by atoms with van der Waals surface area (Å²) in [5.41, 5.74) is 8.28. The summed E-state index contributed by atoms with van der Waals surface area (Å²) in [4.78, 5) is 16.6. The summed E-state index contributed by atoms with van der Waals surface area (Å²) in [7, 11) is 0. The van der Waals surface area contributed by atoms with Crippen molar-refractivity contribution in [2.75, 3.05) is 17.3 Å². The minimum absolute atomic E-state index is 0. The van der Waals surface area contributed by atoms with Crippen LogP contribution in [0.25, 0.3) is 5.65 Å². The van der Waals surface area contributed by atoms with Gasteiger partial charge in [-0.15, -0.1) is 12.4 Å². The van der Waals surface area contributed by atoms with Gasteiger partial charge in [0.1, 0.15) is 18.0 Å². The lowest BCUT2D eigenvalue weighted by Gasteiger charge is -2.12. The zero-order valence-electron chi connectivity index (χ0n) is 15.0. The third-order valence-corrected chi connectivity index (χ3v) is 4.52. The number of hydrogen-bond donors (Lipinski definition) is 2. The molecule has 0 spiro atoms. The van der Waals surface area contributed by atoms with E-state index in [2.05, 4.69) is 10.3 Å². The second kappa shape index (κ2) is 10.2. The number of carbonyl (C=O) groups excluding carboxylic acids is 1. The Balaban J connectivity index is 0.00000261. The molecule has 0 unspecified atom stereocenters. The highest BCUT2D eigenvalue weighted by Gasteiger charge is 2.13. The van der Waals surface area contributed by atoms with Crippen molar-refractivity contribution in [2.24, 2.45) is 5.73 Å². The van der Waals surface area contributed by atoms with Gasteiger partial charge in [0.15, 0.2) is 0 Å². The first-order chi connectivity index (χ1) is 12.7. The van der Waals surface area contributed by atoms with Gasteiger partial charge in [-0.2, -0.15) is 11.8 Å². The normalized spacial score (nSPS) is 11.6. The van der Waals surface area contributed by atoms with Crippen molar-refractivity contribution in [3.8, 4) is 5.75 Å². The van der Waals surface area contributed by atoms with Crippen LogP contribution < -0.4 is 15.8 Å². The second-order valence-electron chi connectivity index (χ2n) is 5.89. The van der Waals surface area contributed by atoms with Gasteiger partial charge < -0.3 is 20.2 Å². The van der Waals surface area contributed by atoms with E-state index >= 15 is 0 Å². The smallest absolute Gasteiger partial charge is 0.241 e. The number of ether oxygens (including phenoxy) is 1. The van der Waals surface area contributed by atoms with Crippen LogP contribution in [0.1, 0.15) is 12.1 Å². The number of aromatic nitrogens is 2. The number of rotatable bonds is 8. The van der Waals surface area contributed by atoms with Crippen LogP contribution in [0.15, 0.2) is 54.9 Å². The molecule has 0 bridgehead atoms. The summed E-state index contributed by atoms with van der Waals surface area (Å²) in [6, 6.07) is 12.6. The fraction of sp³-hybridized carbons (Fsp3) is 0.263. The van der Waals surface area contributed by atoms with E-state index in [-0.39, 0.29) is 18.3 Å². The molecule has 2 heterocycles. The number of imidazole rings is 1. The molecule has 1 atom stereocenters. The first-order valence-corrected chi connectivity index (χ1v) is 9.76. The van der Waals surface area contributed by atoms with E-state index in [4.69, 9.17) is 10.5 Å². The van der Waals surface area contributed by atoms with Gasteiger partial charge >= 0.3 is 0 Å². The quantitative estimate of drug-likeness (QED) is 0.599. The summed E-state index contributed by atoms with van der Waals surface area (Å²) < 4.78 is 7.76. The molecule has 0 saturated carbocycles. The number of fused-ring (bicyclic) bond motifs is 1. The number of benzene rings is 1. The summed E-state index contributed by atoms with van der Waals surface area (Å²) in [5, 5.41) is 2.84. The van der Waals surface area contributed by atoms with Crippen LogP contribution in [0, 0.1) is 0 Å². The summed E-state index contributed by atoms with van der Waals surface area (Å²) in [5.74, 6) is 1.34. The number of pyridine rings is 1. The van der Waals surface area contributed by atoms with Gasteiger partial charge in [0.05, 0.1) is 11.7 Å². The molecule has 144 valence electrons. The van der Waals surface area contributed by atoms with E-state index < -0.39 is 6.04 Å². The molecule has 27 heavy (non-hydrogen) atoms. The van der Waals surface area contributed by atoms with E-state index in [1.54, 1.807) is 17.8 Å². The van der Waals surface area contributed by atoms with Gasteiger partial charge in [0, 0.05) is 24.1 Å². The Kier molecular flexibility index (Phi) is 7.97. The maximum Gasteiger partial charge on any atom is 0.241 e. The minimum atomic E-state index is -0.509. The zero-order chi connectivity index (χ0) is 18.4. The Bertz CT molecular complexity index is 854. The van der Waals surface area contributed by atoms with Gasteiger partial charge in [0.25, 0.3) is 0 Å². The van der Waals surface area contributed by atoms with Gasteiger partial charge in [-0.3, -0.25) is 4.79 Å². The van der Waals surface area contributed by atoms with Crippen molar-refractivity contribution in [2.45, 2.75) is 19.1 Å². The molecule has 1 aromatic carbocycles. The molecule has 2 aromatic heterocycles. The average Bonchev–Trinajstić information content (AvgIpc) is 3.07. The lowest BCUT2D eigenvalue weighted by Crippen LogP contribution is -2.36. The maximum absolute atomic E-state index is 12.1. The van der Waals surface area contributed by atoms with Crippen LogP contribution in [0.2, 0.25) is 0 Å². The van der Waals surface area contributed by atoms with Crippen molar-refractivity contribution >= 4 is 41.4 Å². The molecular weight excluding hydrogens is 384 g/mol. The molecule has 8 heteroatoms. The highest BCUT2D eigenvalue weighted by molar-refractivity contribution is 7.98. The van der Waals surface area contributed by atoms with Crippen molar-refractivity contribution in [3.05, 3.63) is 60.6 Å². The minimum Gasteiger partial charge on any atom is -0.487 e. The summed E-state index contributed by atoms with van der Waals surface area (Å²) in [6.45, 7) is 0.353. The lowest BCUT2D eigenvalue weighted by molar-refractivity contribution is -0.117. The molecule has 0 saturated heterocycles. The monoisotopic (exact) mass is 406 g/mol. The molecule has 0 radical (unpaired) electrons. The van der Waals surface area contributed by atoms with Crippen LogP contribution in [-0.4, -0.2) is 33.3 Å². The van der Waals surface area contributed by atoms with Gasteiger partial charge in [-0.1, -0.05) is 12.1 Å². The molecule has 0 aliphatic heterocycles. The number of halogens is 1. The number of nitrogens with one attached hydrogen (secondary N) is 1. The Morgan fingerprint density at radius 1 is 1.33 bits per heavy atom. The Hall–Kier alpha value is -2.22. The molecule has 3 rings (SSSR count). The lowest BCUT2D eigenvalue weighted by atomic mass is 10.2. The number of nitrogens with zero attached hydrogens (tertiary/aromatic N) is 2. The number of nitrogens with two attached hydrogens (primary N) is 1. The van der Waals surface area contributed by atoms with E-state index in [0.717, 1.165) is 17.1 Å². The van der Waals surface area contributed by atoms with E-state index in [1.807, 2.05) is 59.4 Å². The fourth-order valence-electron chi connectivity index (χ4n) is 2.49. The van der Waals surface area contributed by atoms with Crippen LogP contribution in [0.5, 0.6) is 5.75 Å². The zero-order valence-corrected chi connectivity index (χ0v) is 16.6. The van der Waals surface area contributed by atoms with Gasteiger partial charge in [-0.25, -0.2) is 4.98 Å². The highest BCUT2D eigenvalue weighted by Crippen LogP contribution is 2.19. The Morgan fingerprint density at radius 3 is 2.96 bits per heavy atom. The Morgan fingerprint density at radius 2 is 2.19 bits per heavy atom. The van der Waals surface area contributed by atoms with Crippen molar-refractivity contribution < 1.29 is 9.53 Å². The van der Waals surface area contributed by atoms with Crippen molar-refractivity contribution in [1.82, 2.24) is 9.38 Å². The van der Waals surface area contributed by atoms with E-state index in [1.165, 1.54) is 0 Å². The van der Waals surface area contributed by atoms with Crippen LogP contribution in [-0.2, 0) is 11.4 Å². The van der Waals surface area contributed by atoms with Crippen LogP contribution in [0.4, 0.5) is 5.69 Å². The topological polar surface area (TPSA) is 81.7 Å². The molecule has 0 fully saturated rings. The second-order valence-corrected chi connectivity index (χ2v) is 6.88. The summed E-state index contributed by atoms with van der Waals surface area (Å²) >= 11 is 1.67. The van der Waals surface area contributed by atoms with E-state index in [0.29, 0.717) is 24.5 Å². The number of anilines is 1. The standard InChI is InChI=1S/C19H22N4O2S.ClH/c1-26-10-8-17(20)19(24)22-14-5-4-6-16(11-14)25-13-15-12-23-9-3-2-7-18(23)21-15;/h2-7,9,11-12,17H,8,10,13,20H2,1H3,(H,22,24);1H/t17-;/m0./s1. The predicted octanol–water partition coefficient (Wildman–Crippen LogP) is 3.35. The van der Waals surface area contributed by atoms with Crippen molar-refractivity contribution in [3.63, 3.8) is 0 Å². The van der Waals surface area contributed by atoms with Crippen LogP contribution in [0.3, 0.4) is 0 Å². The van der Waals surface area contributed by atoms with Gasteiger partial charge in [0.2, 0.25) is 5.91 Å². The summed E-state index contributed by atoms with van der Waals surface area (Å²) in [6.07, 6.45) is 6.53. The highest BCUT2D eigenvalue weighted by atomic mass is 35.5. The SMILES string of the molecule is CSCC[C@H](N)C(=O)Nc1cccc(OCc2cn3ccccc3n2)c1.Cl. The Labute approximate surface area is 168 Å². The molecule has 3 N–H and O–H groups in total. The number of thioether (sulfide) groups is 1. The molecule has 6 nitrogen and oxygen atoms in total. The third kappa shape index (κ3) is 5.89. The maximum atomic E-state index is 12.1. The van der Waals surface area contributed by atoms with Crippen LogP contribution >= 0.6 is 24.2 Å². The third-order valence-electron chi connectivity index (χ3n) is 3.87. The molecule has 0 aliphatic rings. The fourth-order valence-corrected chi connectivity index (χ4v) is 2.98. The molecular formula is C19H23ClN4O2S. The predicted molar refractivity (Wildman–Crippen MR) is 113 cm³/mol. The number of hydrogen-bond acceptors (Lipinski definition) is 5. The van der Waals surface area contributed by atoms with Crippen molar-refractivity contribution in [1.29, 1.82) is 0 Å². The van der Waals surface area contributed by atoms with E-state index in [9.17, 15) is 4.79 Å². The molecule has 3 aromatic rings. The first kappa shape index (κ1) is 21.1.